The number of benzene rings is 3. The van der Waals surface area contributed by atoms with E-state index < -0.39 is 6.04 Å². The van der Waals surface area contributed by atoms with Gasteiger partial charge in [0.25, 0.3) is 5.91 Å². The molecule has 33 heavy (non-hydrogen) atoms. The summed E-state index contributed by atoms with van der Waals surface area (Å²) in [6, 6.07) is 21.9. The Morgan fingerprint density at radius 3 is 2.36 bits per heavy atom. The molecule has 3 N–H and O–H groups in total. The van der Waals surface area contributed by atoms with Gasteiger partial charge in [-0.05, 0) is 54.4 Å². The van der Waals surface area contributed by atoms with Gasteiger partial charge in [-0.15, -0.1) is 0 Å². The second-order valence-corrected chi connectivity index (χ2v) is 8.48. The van der Waals surface area contributed by atoms with E-state index in [2.05, 4.69) is 31.9 Å². The smallest absolute Gasteiger partial charge is 0.251 e. The van der Waals surface area contributed by atoms with Gasteiger partial charge in [-0.1, -0.05) is 52.3 Å². The van der Waals surface area contributed by atoms with Gasteiger partial charge in [-0.2, -0.15) is 0 Å². The van der Waals surface area contributed by atoms with Gasteiger partial charge in [0.15, 0.2) is 0 Å². The van der Waals surface area contributed by atoms with Crippen LogP contribution in [0.5, 0.6) is 5.75 Å². The van der Waals surface area contributed by atoms with Crippen molar-refractivity contribution in [2.75, 3.05) is 25.5 Å². The Kier molecular flexibility index (Phi) is 8.89. The fourth-order valence-electron chi connectivity index (χ4n) is 3.26. The first-order valence-electron chi connectivity index (χ1n) is 10.7. The van der Waals surface area contributed by atoms with Gasteiger partial charge in [-0.25, -0.2) is 0 Å². The third kappa shape index (κ3) is 7.36. The van der Waals surface area contributed by atoms with Crippen LogP contribution in [-0.4, -0.2) is 38.1 Å². The molecule has 0 heterocycles. The van der Waals surface area contributed by atoms with Gasteiger partial charge in [0.1, 0.15) is 11.8 Å². The lowest BCUT2D eigenvalue weighted by Crippen LogP contribution is -2.48. The number of aryl methyl sites for hydroxylation is 1. The second-order valence-electron chi connectivity index (χ2n) is 7.63. The summed E-state index contributed by atoms with van der Waals surface area (Å²) in [5.41, 5.74) is 3.44. The molecule has 0 fully saturated rings. The molecule has 1 unspecified atom stereocenters. The number of hydrogen-bond acceptors (Lipinski definition) is 4. The van der Waals surface area contributed by atoms with E-state index in [1.165, 1.54) is 0 Å². The predicted molar refractivity (Wildman–Crippen MR) is 135 cm³/mol. The first kappa shape index (κ1) is 24.3. The molecule has 3 aromatic carbocycles. The van der Waals surface area contributed by atoms with Gasteiger partial charge in [0.2, 0.25) is 5.91 Å². The number of rotatable bonds is 10. The Bertz CT molecular complexity index is 1070. The van der Waals surface area contributed by atoms with E-state index in [0.717, 1.165) is 27.0 Å². The maximum Gasteiger partial charge on any atom is 0.251 e. The molecule has 0 saturated carbocycles. The standard InChI is InChI=1S/C26H28BrN3O3/c1-18-8-9-20(17-23(18)27)25(31)30-24(16-19-6-4-3-5-7-19)26(32)29-15-14-28-21-10-12-22(33-2)13-11-21/h3-13,17,24,28H,14-16H2,1-2H3,(H,29,32)(H,30,31). The van der Waals surface area contributed by atoms with Crippen molar-refractivity contribution in [3.63, 3.8) is 0 Å². The van der Waals surface area contributed by atoms with Gasteiger partial charge < -0.3 is 20.7 Å². The minimum Gasteiger partial charge on any atom is -0.497 e. The number of amides is 2. The van der Waals surface area contributed by atoms with E-state index in [1.807, 2.05) is 67.6 Å². The Balaban J connectivity index is 1.60. The van der Waals surface area contributed by atoms with E-state index in [9.17, 15) is 9.59 Å². The fourth-order valence-corrected chi connectivity index (χ4v) is 3.64. The first-order valence-corrected chi connectivity index (χ1v) is 11.5. The first-order chi connectivity index (χ1) is 16.0. The lowest BCUT2D eigenvalue weighted by Gasteiger charge is -2.19. The molecule has 0 saturated heterocycles. The zero-order chi connectivity index (χ0) is 23.6. The minimum absolute atomic E-state index is 0.227. The highest BCUT2D eigenvalue weighted by atomic mass is 79.9. The molecule has 0 aliphatic heterocycles. The highest BCUT2D eigenvalue weighted by Gasteiger charge is 2.22. The van der Waals surface area contributed by atoms with Crippen molar-refractivity contribution in [3.8, 4) is 5.75 Å². The zero-order valence-corrected chi connectivity index (χ0v) is 20.3. The molecule has 7 heteroatoms. The molecule has 3 aromatic rings. The Morgan fingerprint density at radius 1 is 0.970 bits per heavy atom. The summed E-state index contributed by atoms with van der Waals surface area (Å²) in [5, 5.41) is 9.07. The highest BCUT2D eigenvalue weighted by molar-refractivity contribution is 9.10. The molecule has 0 aliphatic carbocycles. The molecule has 0 bridgehead atoms. The number of ether oxygens (including phenoxy) is 1. The fraction of sp³-hybridized carbons (Fsp3) is 0.231. The summed E-state index contributed by atoms with van der Waals surface area (Å²) in [5.74, 6) is 0.270. The summed E-state index contributed by atoms with van der Waals surface area (Å²) >= 11 is 3.46. The van der Waals surface area contributed by atoms with Crippen molar-refractivity contribution < 1.29 is 14.3 Å². The summed E-state index contributed by atoms with van der Waals surface area (Å²) < 4.78 is 6.01. The molecular formula is C26H28BrN3O3. The molecule has 0 aliphatic rings. The molecular weight excluding hydrogens is 482 g/mol. The summed E-state index contributed by atoms with van der Waals surface area (Å²) in [7, 11) is 1.63. The largest absolute Gasteiger partial charge is 0.497 e. The maximum atomic E-state index is 13.0. The van der Waals surface area contributed by atoms with Gasteiger partial charge in [0, 0.05) is 35.2 Å². The molecule has 2 amide bonds. The van der Waals surface area contributed by atoms with Crippen LogP contribution in [0.1, 0.15) is 21.5 Å². The molecule has 1 atom stereocenters. The SMILES string of the molecule is COc1ccc(NCCNC(=O)C(Cc2ccccc2)NC(=O)c2ccc(C)c(Br)c2)cc1. The Hall–Kier alpha value is -3.32. The van der Waals surface area contributed by atoms with E-state index in [-0.39, 0.29) is 11.8 Å². The van der Waals surface area contributed by atoms with Crippen LogP contribution in [-0.2, 0) is 11.2 Å². The Labute approximate surface area is 202 Å². The van der Waals surface area contributed by atoms with Crippen LogP contribution in [0.25, 0.3) is 0 Å². The van der Waals surface area contributed by atoms with Crippen molar-refractivity contribution in [2.24, 2.45) is 0 Å². The van der Waals surface area contributed by atoms with Crippen LogP contribution in [0.3, 0.4) is 0 Å². The van der Waals surface area contributed by atoms with Crippen LogP contribution < -0.4 is 20.7 Å². The Morgan fingerprint density at radius 2 is 1.70 bits per heavy atom. The molecule has 0 spiro atoms. The number of carbonyl (C=O) groups excluding carboxylic acids is 2. The molecule has 172 valence electrons. The quantitative estimate of drug-likeness (QED) is 0.355. The summed E-state index contributed by atoms with van der Waals surface area (Å²) in [6.45, 7) is 2.93. The topological polar surface area (TPSA) is 79.5 Å². The lowest BCUT2D eigenvalue weighted by molar-refractivity contribution is -0.122. The van der Waals surface area contributed by atoms with E-state index in [1.54, 1.807) is 19.2 Å². The monoisotopic (exact) mass is 509 g/mol. The van der Waals surface area contributed by atoms with Crippen LogP contribution in [0.4, 0.5) is 5.69 Å². The van der Waals surface area contributed by atoms with Gasteiger partial charge in [-0.3, -0.25) is 9.59 Å². The zero-order valence-electron chi connectivity index (χ0n) is 18.7. The van der Waals surface area contributed by atoms with Crippen molar-refractivity contribution in [1.82, 2.24) is 10.6 Å². The maximum absolute atomic E-state index is 13.0. The van der Waals surface area contributed by atoms with Crippen LogP contribution >= 0.6 is 15.9 Å². The lowest BCUT2D eigenvalue weighted by atomic mass is 10.0. The highest BCUT2D eigenvalue weighted by Crippen LogP contribution is 2.18. The van der Waals surface area contributed by atoms with Crippen molar-refractivity contribution >= 4 is 33.4 Å². The van der Waals surface area contributed by atoms with Crippen molar-refractivity contribution in [1.29, 1.82) is 0 Å². The van der Waals surface area contributed by atoms with E-state index in [4.69, 9.17) is 4.74 Å². The average molecular weight is 510 g/mol. The molecule has 6 nitrogen and oxygen atoms in total. The number of hydrogen-bond donors (Lipinski definition) is 3. The third-order valence-corrected chi connectivity index (χ3v) is 6.04. The third-order valence-electron chi connectivity index (χ3n) is 5.18. The summed E-state index contributed by atoms with van der Waals surface area (Å²) in [4.78, 5) is 25.8. The number of halogens is 1. The second kappa shape index (κ2) is 12.1. The predicted octanol–water partition coefficient (Wildman–Crippen LogP) is 4.34. The van der Waals surface area contributed by atoms with E-state index in [0.29, 0.717) is 25.1 Å². The molecule has 0 radical (unpaired) electrons. The molecule has 3 rings (SSSR count). The number of methoxy groups -OCH3 is 1. The van der Waals surface area contributed by atoms with E-state index >= 15 is 0 Å². The van der Waals surface area contributed by atoms with Gasteiger partial charge >= 0.3 is 0 Å². The number of anilines is 1. The van der Waals surface area contributed by atoms with Crippen LogP contribution in [0.15, 0.2) is 77.3 Å². The van der Waals surface area contributed by atoms with Crippen molar-refractivity contribution in [3.05, 3.63) is 94.0 Å². The minimum atomic E-state index is -0.694. The molecule has 0 aromatic heterocycles. The van der Waals surface area contributed by atoms with Gasteiger partial charge in [0.05, 0.1) is 7.11 Å². The van der Waals surface area contributed by atoms with Crippen molar-refractivity contribution in [2.45, 2.75) is 19.4 Å². The summed E-state index contributed by atoms with van der Waals surface area (Å²) in [6.07, 6.45) is 0.400. The normalized spacial score (nSPS) is 11.4. The number of nitrogens with one attached hydrogen (secondary N) is 3. The van der Waals surface area contributed by atoms with Crippen LogP contribution in [0.2, 0.25) is 0 Å². The number of carbonyl (C=O) groups is 2. The average Bonchev–Trinajstić information content (AvgIpc) is 2.84. The van der Waals surface area contributed by atoms with Crippen LogP contribution in [0, 0.1) is 6.92 Å².